The third kappa shape index (κ3) is 5.66. The average molecular weight is 348 g/mol. The minimum Gasteiger partial charge on any atom is -0.333 e. The van der Waals surface area contributed by atoms with Crippen molar-refractivity contribution < 1.29 is 4.79 Å². The van der Waals surface area contributed by atoms with Crippen LogP contribution in [0.15, 0.2) is 16.9 Å². The second-order valence-corrected chi connectivity index (χ2v) is 7.23. The Morgan fingerprint density at radius 1 is 1.20 bits per heavy atom. The van der Waals surface area contributed by atoms with Crippen molar-refractivity contribution in [2.75, 3.05) is 27.2 Å². The maximum Gasteiger partial charge on any atom is 0.274 e. The summed E-state index contributed by atoms with van der Waals surface area (Å²) in [7, 11) is 4.04. The van der Waals surface area contributed by atoms with Gasteiger partial charge in [0, 0.05) is 31.7 Å². The van der Waals surface area contributed by atoms with Gasteiger partial charge >= 0.3 is 0 Å². The summed E-state index contributed by atoms with van der Waals surface area (Å²) < 4.78 is 1.43. The maximum absolute atomic E-state index is 13.1. The van der Waals surface area contributed by atoms with E-state index in [0.29, 0.717) is 24.8 Å². The molecule has 140 valence electrons. The number of nitrogens with zero attached hydrogens (tertiary/aromatic N) is 4. The van der Waals surface area contributed by atoms with Gasteiger partial charge in [-0.15, -0.1) is 0 Å². The van der Waals surface area contributed by atoms with E-state index < -0.39 is 0 Å². The molecule has 2 rings (SSSR count). The van der Waals surface area contributed by atoms with Gasteiger partial charge in [0.1, 0.15) is 5.69 Å². The van der Waals surface area contributed by atoms with E-state index in [9.17, 15) is 9.59 Å². The predicted octanol–water partition coefficient (Wildman–Crippen LogP) is 2.38. The highest BCUT2D eigenvalue weighted by Gasteiger charge is 2.27. The van der Waals surface area contributed by atoms with Crippen LogP contribution in [0.2, 0.25) is 0 Å². The van der Waals surface area contributed by atoms with Crippen LogP contribution in [0.5, 0.6) is 0 Å². The lowest BCUT2D eigenvalue weighted by Crippen LogP contribution is -2.45. The first-order valence-electron chi connectivity index (χ1n) is 9.56. The first kappa shape index (κ1) is 19.6. The molecule has 0 radical (unpaired) electrons. The molecular formula is C19H32N4O2. The first-order valence-corrected chi connectivity index (χ1v) is 9.56. The number of unbranched alkanes of at least 4 members (excludes halogenated alkanes) is 1. The average Bonchev–Trinajstić information content (AvgIpc) is 2.61. The Hall–Kier alpha value is -1.69. The molecule has 6 heteroatoms. The number of hydrogen-bond acceptors (Lipinski definition) is 4. The molecule has 1 aromatic rings. The van der Waals surface area contributed by atoms with Crippen molar-refractivity contribution >= 4 is 5.91 Å². The van der Waals surface area contributed by atoms with Gasteiger partial charge in [0.05, 0.1) is 0 Å². The Labute approximate surface area is 150 Å². The second-order valence-electron chi connectivity index (χ2n) is 7.23. The molecule has 0 saturated heterocycles. The Morgan fingerprint density at radius 2 is 1.92 bits per heavy atom. The van der Waals surface area contributed by atoms with Crippen LogP contribution in [0.4, 0.5) is 0 Å². The van der Waals surface area contributed by atoms with E-state index >= 15 is 0 Å². The minimum atomic E-state index is -0.137. The highest BCUT2D eigenvalue weighted by molar-refractivity contribution is 5.92. The van der Waals surface area contributed by atoms with Gasteiger partial charge in [-0.2, -0.15) is 5.10 Å². The van der Waals surface area contributed by atoms with E-state index in [-0.39, 0.29) is 11.5 Å². The van der Waals surface area contributed by atoms with Gasteiger partial charge in [0.15, 0.2) is 0 Å². The largest absolute Gasteiger partial charge is 0.333 e. The van der Waals surface area contributed by atoms with Crippen LogP contribution in [0.3, 0.4) is 0 Å². The van der Waals surface area contributed by atoms with Crippen molar-refractivity contribution in [3.63, 3.8) is 0 Å². The van der Waals surface area contributed by atoms with Crippen LogP contribution in [0.25, 0.3) is 0 Å². The number of likely N-dealkylation sites (N-methyl/N-ethyl adjacent to an activating group) is 1. The highest BCUT2D eigenvalue weighted by atomic mass is 16.2. The minimum absolute atomic E-state index is 0.0426. The van der Waals surface area contributed by atoms with Crippen LogP contribution in [0.1, 0.15) is 62.4 Å². The molecule has 1 fully saturated rings. The molecule has 1 saturated carbocycles. The van der Waals surface area contributed by atoms with E-state index in [1.165, 1.54) is 30.0 Å². The molecule has 0 spiro atoms. The molecule has 6 nitrogen and oxygen atoms in total. The Balaban J connectivity index is 2.20. The summed E-state index contributed by atoms with van der Waals surface area (Å²) in [6.07, 6.45) is 7.62. The third-order valence-corrected chi connectivity index (χ3v) is 4.87. The van der Waals surface area contributed by atoms with Crippen molar-refractivity contribution in [3.8, 4) is 0 Å². The monoisotopic (exact) mass is 348 g/mol. The Morgan fingerprint density at radius 3 is 2.56 bits per heavy atom. The SMILES string of the molecule is CCCCn1nc(C(=O)N(CCN(C)C)C2CCCCC2)ccc1=O. The van der Waals surface area contributed by atoms with Crippen LogP contribution >= 0.6 is 0 Å². The van der Waals surface area contributed by atoms with Crippen LogP contribution < -0.4 is 5.56 Å². The van der Waals surface area contributed by atoms with Gasteiger partial charge in [0.25, 0.3) is 11.5 Å². The summed E-state index contributed by atoms with van der Waals surface area (Å²) in [5.41, 5.74) is 0.252. The Bertz CT molecular complexity index is 606. The number of aromatic nitrogens is 2. The number of rotatable bonds is 8. The van der Waals surface area contributed by atoms with Crippen molar-refractivity contribution in [2.45, 2.75) is 64.5 Å². The van der Waals surface area contributed by atoms with Crippen molar-refractivity contribution in [1.82, 2.24) is 19.6 Å². The summed E-state index contributed by atoms with van der Waals surface area (Å²) in [4.78, 5) is 29.2. The lowest BCUT2D eigenvalue weighted by molar-refractivity contribution is 0.0609. The molecular weight excluding hydrogens is 316 g/mol. The third-order valence-electron chi connectivity index (χ3n) is 4.87. The fraction of sp³-hybridized carbons (Fsp3) is 0.737. The van der Waals surface area contributed by atoms with Gasteiger partial charge in [-0.05, 0) is 39.4 Å². The molecule has 25 heavy (non-hydrogen) atoms. The van der Waals surface area contributed by atoms with Crippen LogP contribution in [-0.4, -0.2) is 58.7 Å². The fourth-order valence-electron chi connectivity index (χ4n) is 3.33. The van der Waals surface area contributed by atoms with Crippen molar-refractivity contribution in [3.05, 3.63) is 28.2 Å². The number of carbonyl (C=O) groups is 1. The number of hydrogen-bond donors (Lipinski definition) is 0. The molecule has 0 aliphatic heterocycles. The molecule has 1 aromatic heterocycles. The van der Waals surface area contributed by atoms with E-state index in [2.05, 4.69) is 16.9 Å². The number of aryl methyl sites for hydroxylation is 1. The predicted molar refractivity (Wildman–Crippen MR) is 99.9 cm³/mol. The highest BCUT2D eigenvalue weighted by Crippen LogP contribution is 2.23. The molecule has 0 bridgehead atoms. The standard InChI is InChI=1S/C19H32N4O2/c1-4-5-13-23-18(24)12-11-17(20-23)19(25)22(15-14-21(2)3)16-9-7-6-8-10-16/h11-12,16H,4-10,13-15H2,1-3H3. The maximum atomic E-state index is 13.1. The summed E-state index contributed by atoms with van der Waals surface area (Å²) >= 11 is 0. The zero-order valence-electron chi connectivity index (χ0n) is 15.9. The summed E-state index contributed by atoms with van der Waals surface area (Å²) in [5.74, 6) is -0.0426. The van der Waals surface area contributed by atoms with E-state index in [4.69, 9.17) is 0 Å². The summed E-state index contributed by atoms with van der Waals surface area (Å²) in [5, 5.41) is 4.35. The molecule has 1 aliphatic rings. The van der Waals surface area contributed by atoms with E-state index in [0.717, 1.165) is 32.2 Å². The van der Waals surface area contributed by atoms with Gasteiger partial charge in [-0.25, -0.2) is 4.68 Å². The van der Waals surface area contributed by atoms with Crippen LogP contribution in [0, 0.1) is 0 Å². The van der Waals surface area contributed by atoms with E-state index in [1.54, 1.807) is 6.07 Å². The molecule has 0 unspecified atom stereocenters. The molecule has 1 heterocycles. The van der Waals surface area contributed by atoms with Gasteiger partial charge in [0.2, 0.25) is 0 Å². The normalized spacial score (nSPS) is 15.5. The number of amides is 1. The lowest BCUT2D eigenvalue weighted by atomic mass is 9.94. The molecule has 0 atom stereocenters. The second kappa shape index (κ2) is 9.70. The molecule has 1 amide bonds. The molecule has 0 N–H and O–H groups in total. The molecule has 1 aliphatic carbocycles. The van der Waals surface area contributed by atoms with Gasteiger partial charge < -0.3 is 9.80 Å². The van der Waals surface area contributed by atoms with Gasteiger partial charge in [-0.3, -0.25) is 9.59 Å². The lowest BCUT2D eigenvalue weighted by Gasteiger charge is -2.35. The zero-order valence-corrected chi connectivity index (χ0v) is 15.9. The quantitative estimate of drug-likeness (QED) is 0.724. The van der Waals surface area contributed by atoms with Crippen molar-refractivity contribution in [2.24, 2.45) is 0 Å². The summed E-state index contributed by atoms with van der Waals surface area (Å²) in [6, 6.07) is 3.35. The van der Waals surface area contributed by atoms with Crippen LogP contribution in [-0.2, 0) is 6.54 Å². The van der Waals surface area contributed by atoms with E-state index in [1.807, 2.05) is 19.0 Å². The first-order chi connectivity index (χ1) is 12.0. The van der Waals surface area contributed by atoms with Gasteiger partial charge in [-0.1, -0.05) is 32.6 Å². The van der Waals surface area contributed by atoms with Crippen molar-refractivity contribution in [1.29, 1.82) is 0 Å². The smallest absolute Gasteiger partial charge is 0.274 e. The summed E-state index contributed by atoms with van der Waals surface area (Å²) in [6.45, 7) is 4.17. The molecule has 0 aromatic carbocycles. The topological polar surface area (TPSA) is 58.4 Å². The Kier molecular flexibility index (Phi) is 7.62. The zero-order chi connectivity index (χ0) is 18.2. The number of carbonyl (C=O) groups excluding carboxylic acids is 1. The fourth-order valence-corrected chi connectivity index (χ4v) is 3.33.